The van der Waals surface area contributed by atoms with E-state index in [2.05, 4.69) is 0 Å². The summed E-state index contributed by atoms with van der Waals surface area (Å²) in [6.07, 6.45) is 9.52. The quantitative estimate of drug-likeness (QED) is 0.341. The Morgan fingerprint density at radius 2 is 1.35 bits per heavy atom. The van der Waals surface area contributed by atoms with Crippen molar-refractivity contribution in [1.29, 1.82) is 0 Å². The standard InChI is InChI=1S/C25H26O6/c1-31-22-16-18(6-10-20(22)27)8-12-24(30)25(13-3-2-4-14-25)23(29)11-7-17-5-9-19(26)21(28)15-17/h5-12,15-16,26-28H,2-4,13-14H2,1H3/b11-7+,12-8+. The molecule has 162 valence electrons. The number of benzene rings is 2. The molecular formula is C25H26O6. The molecule has 2 aromatic carbocycles. The number of phenols is 3. The van der Waals surface area contributed by atoms with Gasteiger partial charge in [-0.15, -0.1) is 0 Å². The monoisotopic (exact) mass is 422 g/mol. The zero-order valence-corrected chi connectivity index (χ0v) is 17.4. The average molecular weight is 422 g/mol. The number of carbonyl (C=O) groups excluding carboxylic acids is 2. The lowest BCUT2D eigenvalue weighted by atomic mass is 9.68. The highest BCUT2D eigenvalue weighted by atomic mass is 16.5. The summed E-state index contributed by atoms with van der Waals surface area (Å²) in [6.45, 7) is 0. The van der Waals surface area contributed by atoms with Crippen LogP contribution in [0.15, 0.2) is 48.6 Å². The molecule has 2 aromatic rings. The van der Waals surface area contributed by atoms with E-state index in [1.807, 2.05) is 0 Å². The fraction of sp³-hybridized carbons (Fsp3) is 0.280. The number of phenolic OH excluding ortho intramolecular Hbond substituents is 3. The Labute approximate surface area is 181 Å². The molecule has 3 rings (SSSR count). The van der Waals surface area contributed by atoms with E-state index in [-0.39, 0.29) is 28.8 Å². The van der Waals surface area contributed by atoms with Crippen LogP contribution in [0.3, 0.4) is 0 Å². The molecule has 0 saturated heterocycles. The maximum Gasteiger partial charge on any atom is 0.169 e. The van der Waals surface area contributed by atoms with Gasteiger partial charge in [-0.25, -0.2) is 0 Å². The van der Waals surface area contributed by atoms with Gasteiger partial charge in [-0.3, -0.25) is 9.59 Å². The minimum absolute atomic E-state index is 0.00955. The molecule has 0 aliphatic heterocycles. The molecule has 0 unspecified atom stereocenters. The number of carbonyl (C=O) groups is 2. The van der Waals surface area contributed by atoms with Crippen LogP contribution < -0.4 is 4.74 Å². The Morgan fingerprint density at radius 1 is 0.806 bits per heavy atom. The van der Waals surface area contributed by atoms with Gasteiger partial charge in [0.05, 0.1) is 12.5 Å². The van der Waals surface area contributed by atoms with Gasteiger partial charge in [0.15, 0.2) is 34.6 Å². The number of hydrogen-bond donors (Lipinski definition) is 3. The minimum Gasteiger partial charge on any atom is -0.504 e. The van der Waals surface area contributed by atoms with E-state index >= 15 is 0 Å². The summed E-state index contributed by atoms with van der Waals surface area (Å²) in [6, 6.07) is 9.04. The molecule has 6 nitrogen and oxygen atoms in total. The Morgan fingerprint density at radius 3 is 1.90 bits per heavy atom. The number of allylic oxidation sites excluding steroid dienone is 2. The third-order valence-corrected chi connectivity index (χ3v) is 5.71. The summed E-state index contributed by atoms with van der Waals surface area (Å²) in [5, 5.41) is 28.8. The van der Waals surface area contributed by atoms with Crippen LogP contribution >= 0.6 is 0 Å². The van der Waals surface area contributed by atoms with Crippen LogP contribution in [0.2, 0.25) is 0 Å². The smallest absolute Gasteiger partial charge is 0.169 e. The van der Waals surface area contributed by atoms with Crippen molar-refractivity contribution >= 4 is 23.7 Å². The second-order valence-electron chi connectivity index (χ2n) is 7.72. The van der Waals surface area contributed by atoms with Crippen LogP contribution in [0.4, 0.5) is 0 Å². The molecule has 1 aliphatic carbocycles. The highest BCUT2D eigenvalue weighted by Crippen LogP contribution is 2.39. The zero-order valence-electron chi connectivity index (χ0n) is 17.4. The lowest BCUT2D eigenvalue weighted by Gasteiger charge is -2.32. The van der Waals surface area contributed by atoms with E-state index in [9.17, 15) is 24.9 Å². The number of ether oxygens (including phenoxy) is 1. The van der Waals surface area contributed by atoms with Crippen molar-refractivity contribution in [3.63, 3.8) is 0 Å². The lowest BCUT2D eigenvalue weighted by Crippen LogP contribution is -2.39. The first-order valence-corrected chi connectivity index (χ1v) is 10.2. The van der Waals surface area contributed by atoms with Crippen molar-refractivity contribution in [3.05, 3.63) is 59.7 Å². The fourth-order valence-corrected chi connectivity index (χ4v) is 3.87. The van der Waals surface area contributed by atoms with Crippen LogP contribution in [-0.2, 0) is 9.59 Å². The van der Waals surface area contributed by atoms with Gasteiger partial charge in [0.1, 0.15) is 0 Å². The number of rotatable bonds is 7. The summed E-state index contributed by atoms with van der Waals surface area (Å²) >= 11 is 0. The molecular weight excluding hydrogens is 396 g/mol. The molecule has 3 N–H and O–H groups in total. The lowest BCUT2D eigenvalue weighted by molar-refractivity contribution is -0.137. The first-order chi connectivity index (χ1) is 14.9. The number of methoxy groups -OCH3 is 1. The van der Waals surface area contributed by atoms with E-state index in [1.165, 1.54) is 37.5 Å². The van der Waals surface area contributed by atoms with Crippen LogP contribution in [0, 0.1) is 5.41 Å². The molecule has 0 atom stereocenters. The first-order valence-electron chi connectivity index (χ1n) is 10.2. The highest BCUT2D eigenvalue weighted by Gasteiger charge is 2.43. The summed E-state index contributed by atoms with van der Waals surface area (Å²) in [5.74, 6) is -0.711. The van der Waals surface area contributed by atoms with Gasteiger partial charge in [-0.05, 0) is 60.4 Å². The molecule has 0 aromatic heterocycles. The van der Waals surface area contributed by atoms with Crippen molar-refractivity contribution in [2.75, 3.05) is 7.11 Å². The molecule has 0 radical (unpaired) electrons. The number of hydrogen-bond acceptors (Lipinski definition) is 6. The molecule has 0 amide bonds. The van der Waals surface area contributed by atoms with Gasteiger partial charge in [0.25, 0.3) is 0 Å². The molecule has 0 bridgehead atoms. The van der Waals surface area contributed by atoms with Gasteiger partial charge in [0.2, 0.25) is 0 Å². The van der Waals surface area contributed by atoms with Gasteiger partial charge >= 0.3 is 0 Å². The largest absolute Gasteiger partial charge is 0.504 e. The maximum absolute atomic E-state index is 13.2. The molecule has 31 heavy (non-hydrogen) atoms. The van der Waals surface area contributed by atoms with Gasteiger partial charge < -0.3 is 20.1 Å². The zero-order chi connectivity index (χ0) is 22.4. The topological polar surface area (TPSA) is 104 Å². The number of aromatic hydroxyl groups is 3. The van der Waals surface area contributed by atoms with Crippen molar-refractivity contribution < 1.29 is 29.6 Å². The summed E-state index contributed by atoms with van der Waals surface area (Å²) in [4.78, 5) is 26.3. The van der Waals surface area contributed by atoms with Crippen molar-refractivity contribution in [1.82, 2.24) is 0 Å². The maximum atomic E-state index is 13.2. The van der Waals surface area contributed by atoms with Gasteiger partial charge in [0, 0.05) is 0 Å². The summed E-state index contributed by atoms with van der Waals surface area (Å²) in [7, 11) is 1.45. The molecule has 0 heterocycles. The predicted octanol–water partition coefficient (Wildman–Crippen LogP) is 4.63. The van der Waals surface area contributed by atoms with E-state index in [0.29, 0.717) is 29.7 Å². The molecule has 1 aliphatic rings. The highest BCUT2D eigenvalue weighted by molar-refractivity contribution is 6.17. The Hall–Kier alpha value is -3.54. The second kappa shape index (κ2) is 9.51. The van der Waals surface area contributed by atoms with E-state index in [1.54, 1.807) is 30.4 Å². The van der Waals surface area contributed by atoms with Crippen molar-refractivity contribution in [3.8, 4) is 23.0 Å². The number of ketones is 2. The van der Waals surface area contributed by atoms with E-state index in [4.69, 9.17) is 4.74 Å². The third kappa shape index (κ3) is 4.97. The predicted molar refractivity (Wildman–Crippen MR) is 118 cm³/mol. The minimum atomic E-state index is -1.11. The fourth-order valence-electron chi connectivity index (χ4n) is 3.87. The van der Waals surface area contributed by atoms with Crippen LogP contribution in [0.25, 0.3) is 12.2 Å². The Kier molecular flexibility index (Phi) is 6.80. The van der Waals surface area contributed by atoms with Gasteiger partial charge in [-0.1, -0.05) is 43.5 Å². The summed E-state index contributed by atoms with van der Waals surface area (Å²) < 4.78 is 5.09. The van der Waals surface area contributed by atoms with Gasteiger partial charge in [-0.2, -0.15) is 0 Å². The first kappa shape index (κ1) is 22.2. The van der Waals surface area contributed by atoms with E-state index in [0.717, 1.165) is 19.3 Å². The average Bonchev–Trinajstić information content (AvgIpc) is 2.79. The van der Waals surface area contributed by atoms with Crippen LogP contribution in [0.5, 0.6) is 23.0 Å². The normalized spacial score (nSPS) is 15.9. The van der Waals surface area contributed by atoms with Crippen molar-refractivity contribution in [2.24, 2.45) is 5.41 Å². The molecule has 1 fully saturated rings. The Balaban J connectivity index is 1.83. The van der Waals surface area contributed by atoms with E-state index < -0.39 is 5.41 Å². The SMILES string of the molecule is COc1cc(/C=C/C(=O)C2(C(=O)/C=C/c3ccc(O)c(O)c3)CCCCC2)ccc1O. The molecule has 1 saturated carbocycles. The van der Waals surface area contributed by atoms with Crippen molar-refractivity contribution in [2.45, 2.75) is 32.1 Å². The van der Waals surface area contributed by atoms with Crippen LogP contribution in [0.1, 0.15) is 43.2 Å². The summed E-state index contributed by atoms with van der Waals surface area (Å²) in [5.41, 5.74) is 0.121. The van der Waals surface area contributed by atoms with Crippen LogP contribution in [-0.4, -0.2) is 34.0 Å². The second-order valence-corrected chi connectivity index (χ2v) is 7.72. The molecule has 6 heteroatoms. The Bertz CT molecular complexity index is 1030. The third-order valence-electron chi connectivity index (χ3n) is 5.71. The molecule has 0 spiro atoms.